The molecule has 1 heterocycles. The predicted molar refractivity (Wildman–Crippen MR) is 81.4 cm³/mol. The third kappa shape index (κ3) is 3.04. The minimum Gasteiger partial charge on any atom is -0.310 e. The molecular weight excluding hydrogens is 284 g/mol. The highest BCUT2D eigenvalue weighted by molar-refractivity contribution is 5.60. The highest BCUT2D eigenvalue weighted by atomic mass is 16.6. The van der Waals surface area contributed by atoms with Gasteiger partial charge in [-0.3, -0.25) is 14.9 Å². The van der Waals surface area contributed by atoms with E-state index in [-0.39, 0.29) is 11.2 Å². The van der Waals surface area contributed by atoms with Crippen LogP contribution in [0.1, 0.15) is 18.4 Å². The lowest BCUT2D eigenvalue weighted by Crippen LogP contribution is -2.28. The van der Waals surface area contributed by atoms with Crippen molar-refractivity contribution in [2.45, 2.75) is 25.4 Å². The van der Waals surface area contributed by atoms with E-state index in [2.05, 4.69) is 10.4 Å². The van der Waals surface area contributed by atoms with Crippen LogP contribution in [0.25, 0.3) is 11.3 Å². The first-order chi connectivity index (χ1) is 10.5. The van der Waals surface area contributed by atoms with Crippen molar-refractivity contribution in [2.24, 2.45) is 7.05 Å². The fraction of sp³-hybridized carbons (Fsp3) is 0.333. The van der Waals surface area contributed by atoms with Crippen molar-refractivity contribution in [2.75, 3.05) is 0 Å². The Kier molecular flexibility index (Phi) is 3.72. The van der Waals surface area contributed by atoms with Gasteiger partial charge in [0.05, 0.1) is 10.6 Å². The number of nitro benzene ring substituents is 1. The second kappa shape index (κ2) is 5.69. The Morgan fingerprint density at radius 2 is 2.05 bits per heavy atom. The molecule has 0 bridgehead atoms. The molecule has 1 aromatic heterocycles. The molecule has 0 unspecified atom stereocenters. The fourth-order valence-electron chi connectivity index (χ4n) is 2.23. The normalized spacial score (nSPS) is 14.0. The van der Waals surface area contributed by atoms with Crippen molar-refractivity contribution in [3.63, 3.8) is 0 Å². The van der Waals surface area contributed by atoms with Crippen LogP contribution in [0.3, 0.4) is 0 Å². The Hall–Kier alpha value is -2.54. The van der Waals surface area contributed by atoms with E-state index >= 15 is 0 Å². The van der Waals surface area contributed by atoms with Crippen LogP contribution in [0.5, 0.6) is 0 Å². The standard InChI is InChI=1S/C15H16N4O3/c1-18-15(20)11(9-16-12-4-5-12)8-14(17-18)10-2-6-13(7-3-10)19(21)22/h2-3,6-8,12,16H,4-5,9H2,1H3. The summed E-state index contributed by atoms with van der Waals surface area (Å²) < 4.78 is 1.31. The Balaban J connectivity index is 1.91. The lowest BCUT2D eigenvalue weighted by Gasteiger charge is -2.08. The largest absolute Gasteiger partial charge is 0.310 e. The molecule has 1 N–H and O–H groups in total. The first-order valence-electron chi connectivity index (χ1n) is 7.10. The SMILES string of the molecule is Cn1nc(-c2ccc([N+](=O)[O-])cc2)cc(CNC2CC2)c1=O. The van der Waals surface area contributed by atoms with Crippen LogP contribution in [-0.4, -0.2) is 20.7 Å². The zero-order valence-corrected chi connectivity index (χ0v) is 12.2. The quantitative estimate of drug-likeness (QED) is 0.669. The molecule has 1 saturated carbocycles. The van der Waals surface area contributed by atoms with Crippen molar-refractivity contribution < 1.29 is 4.92 Å². The van der Waals surface area contributed by atoms with E-state index in [1.807, 2.05) is 0 Å². The van der Waals surface area contributed by atoms with E-state index in [0.29, 0.717) is 23.8 Å². The number of nitro groups is 1. The Labute approximate surface area is 126 Å². The van der Waals surface area contributed by atoms with Crippen molar-refractivity contribution in [3.8, 4) is 11.3 Å². The van der Waals surface area contributed by atoms with Crippen LogP contribution in [0.4, 0.5) is 5.69 Å². The summed E-state index contributed by atoms with van der Waals surface area (Å²) in [6.07, 6.45) is 2.31. The second-order valence-electron chi connectivity index (χ2n) is 5.44. The number of aryl methyl sites for hydroxylation is 1. The molecule has 7 nitrogen and oxygen atoms in total. The average Bonchev–Trinajstić information content (AvgIpc) is 3.33. The maximum absolute atomic E-state index is 12.1. The molecule has 0 radical (unpaired) electrons. The molecule has 0 atom stereocenters. The van der Waals surface area contributed by atoms with E-state index in [1.165, 1.54) is 16.8 Å². The second-order valence-corrected chi connectivity index (χ2v) is 5.44. The third-order valence-electron chi connectivity index (χ3n) is 3.67. The molecule has 0 saturated heterocycles. The van der Waals surface area contributed by atoms with E-state index in [0.717, 1.165) is 18.4 Å². The maximum Gasteiger partial charge on any atom is 0.271 e. The number of nitrogens with zero attached hydrogens (tertiary/aromatic N) is 3. The van der Waals surface area contributed by atoms with Gasteiger partial charge in [-0.15, -0.1) is 0 Å². The van der Waals surface area contributed by atoms with Gasteiger partial charge in [-0.25, -0.2) is 4.68 Å². The summed E-state index contributed by atoms with van der Waals surface area (Å²) in [4.78, 5) is 22.4. The number of rotatable bonds is 5. The van der Waals surface area contributed by atoms with E-state index in [9.17, 15) is 14.9 Å². The lowest BCUT2D eigenvalue weighted by atomic mass is 10.1. The fourth-order valence-corrected chi connectivity index (χ4v) is 2.23. The van der Waals surface area contributed by atoms with E-state index in [1.54, 1.807) is 25.2 Å². The van der Waals surface area contributed by atoms with E-state index in [4.69, 9.17) is 0 Å². The van der Waals surface area contributed by atoms with Crippen molar-refractivity contribution in [1.29, 1.82) is 0 Å². The number of hydrogen-bond donors (Lipinski definition) is 1. The number of hydrogen-bond acceptors (Lipinski definition) is 5. The number of aromatic nitrogens is 2. The molecule has 2 aromatic rings. The maximum atomic E-state index is 12.1. The summed E-state index contributed by atoms with van der Waals surface area (Å²) in [5.41, 5.74) is 1.93. The molecule has 3 rings (SSSR count). The minimum absolute atomic E-state index is 0.0317. The molecule has 1 aliphatic rings. The molecular formula is C15H16N4O3. The molecule has 0 spiro atoms. The van der Waals surface area contributed by atoms with Crippen molar-refractivity contribution >= 4 is 5.69 Å². The summed E-state index contributed by atoms with van der Waals surface area (Å²) >= 11 is 0. The van der Waals surface area contributed by atoms with Gasteiger partial charge in [-0.1, -0.05) is 0 Å². The lowest BCUT2D eigenvalue weighted by molar-refractivity contribution is -0.384. The van der Waals surface area contributed by atoms with Crippen LogP contribution in [0, 0.1) is 10.1 Å². The summed E-state index contributed by atoms with van der Waals surface area (Å²) in [6.45, 7) is 0.514. The molecule has 1 aliphatic carbocycles. The summed E-state index contributed by atoms with van der Waals surface area (Å²) in [7, 11) is 1.61. The van der Waals surface area contributed by atoms with Crippen molar-refractivity contribution in [1.82, 2.24) is 15.1 Å². The highest BCUT2D eigenvalue weighted by Crippen LogP contribution is 2.21. The Morgan fingerprint density at radius 3 is 2.64 bits per heavy atom. The average molecular weight is 300 g/mol. The van der Waals surface area contributed by atoms with Crippen molar-refractivity contribution in [3.05, 3.63) is 56.4 Å². The summed E-state index contributed by atoms with van der Waals surface area (Å²) in [5, 5.41) is 18.2. The zero-order valence-electron chi connectivity index (χ0n) is 12.2. The topological polar surface area (TPSA) is 90.1 Å². The molecule has 114 valence electrons. The Morgan fingerprint density at radius 1 is 1.36 bits per heavy atom. The highest BCUT2D eigenvalue weighted by Gasteiger charge is 2.21. The van der Waals surface area contributed by atoms with Crippen LogP contribution in [0.15, 0.2) is 35.1 Å². The van der Waals surface area contributed by atoms with Crippen LogP contribution in [-0.2, 0) is 13.6 Å². The first kappa shape index (κ1) is 14.4. The summed E-state index contributed by atoms with van der Waals surface area (Å²) in [6, 6.07) is 8.42. The van der Waals surface area contributed by atoms with Gasteiger partial charge in [0, 0.05) is 42.9 Å². The van der Waals surface area contributed by atoms with Gasteiger partial charge < -0.3 is 5.32 Å². The molecule has 0 amide bonds. The van der Waals surface area contributed by atoms with Gasteiger partial charge in [-0.05, 0) is 31.0 Å². The van der Waals surface area contributed by atoms with Gasteiger partial charge in [0.1, 0.15) is 0 Å². The van der Waals surface area contributed by atoms with Crippen LogP contribution >= 0.6 is 0 Å². The van der Waals surface area contributed by atoms with Crippen LogP contribution < -0.4 is 10.9 Å². The molecule has 1 aromatic carbocycles. The molecule has 7 heteroatoms. The minimum atomic E-state index is -0.442. The summed E-state index contributed by atoms with van der Waals surface area (Å²) in [5.74, 6) is 0. The molecule has 0 aliphatic heterocycles. The Bertz CT molecular complexity index is 763. The smallest absolute Gasteiger partial charge is 0.271 e. The number of nitrogens with one attached hydrogen (secondary N) is 1. The molecule has 1 fully saturated rings. The van der Waals surface area contributed by atoms with E-state index < -0.39 is 4.92 Å². The van der Waals surface area contributed by atoms with Gasteiger partial charge >= 0.3 is 0 Å². The van der Waals surface area contributed by atoms with Gasteiger partial charge in [-0.2, -0.15) is 5.10 Å². The monoisotopic (exact) mass is 300 g/mol. The predicted octanol–water partition coefficient (Wildman–Crippen LogP) is 1.61. The van der Waals surface area contributed by atoms with Gasteiger partial charge in [0.15, 0.2) is 0 Å². The third-order valence-corrected chi connectivity index (χ3v) is 3.67. The van der Waals surface area contributed by atoms with Crippen LogP contribution in [0.2, 0.25) is 0 Å². The zero-order chi connectivity index (χ0) is 15.7. The first-order valence-corrected chi connectivity index (χ1v) is 7.10. The van der Waals surface area contributed by atoms with Gasteiger partial charge in [0.2, 0.25) is 0 Å². The van der Waals surface area contributed by atoms with Gasteiger partial charge in [0.25, 0.3) is 11.2 Å². The number of benzene rings is 1. The molecule has 22 heavy (non-hydrogen) atoms. The number of non-ortho nitro benzene ring substituents is 1.